The zero-order chi connectivity index (χ0) is 24.5. The maximum absolute atomic E-state index is 12.4. The summed E-state index contributed by atoms with van der Waals surface area (Å²) in [7, 11) is 1.46. The number of methoxy groups -OCH3 is 1. The van der Waals surface area contributed by atoms with Crippen molar-refractivity contribution < 1.29 is 23.9 Å². The van der Waals surface area contributed by atoms with E-state index in [4.69, 9.17) is 9.47 Å². The standard InChI is InChI=1S/C26H25N3O5/c1-17-7-10-20(11-8-17)26(32)34-22-12-9-19(14-23(22)33-3)15-28-29-24(30)16-27-25(31)21-6-4-5-18(2)13-21/h4-15H,16H2,1-3H3,(H,27,31)(H,29,30)/b28-15-. The molecule has 0 aliphatic rings. The highest BCUT2D eigenvalue weighted by Gasteiger charge is 2.13. The van der Waals surface area contributed by atoms with E-state index in [2.05, 4.69) is 15.8 Å². The highest BCUT2D eigenvalue weighted by atomic mass is 16.6. The van der Waals surface area contributed by atoms with Crippen LogP contribution in [-0.4, -0.2) is 37.7 Å². The van der Waals surface area contributed by atoms with Crippen LogP contribution < -0.4 is 20.2 Å². The van der Waals surface area contributed by atoms with Gasteiger partial charge >= 0.3 is 5.97 Å². The molecule has 0 atom stereocenters. The smallest absolute Gasteiger partial charge is 0.343 e. The van der Waals surface area contributed by atoms with E-state index in [9.17, 15) is 14.4 Å². The molecule has 0 aromatic heterocycles. The lowest BCUT2D eigenvalue weighted by Crippen LogP contribution is -2.34. The molecule has 0 saturated carbocycles. The Kier molecular flexibility index (Phi) is 8.12. The van der Waals surface area contributed by atoms with Gasteiger partial charge in [0, 0.05) is 5.56 Å². The van der Waals surface area contributed by atoms with Crippen molar-refractivity contribution in [3.63, 3.8) is 0 Å². The Morgan fingerprint density at radius 2 is 1.65 bits per heavy atom. The fraction of sp³-hybridized carbons (Fsp3) is 0.154. The van der Waals surface area contributed by atoms with E-state index in [0.717, 1.165) is 11.1 Å². The summed E-state index contributed by atoms with van der Waals surface area (Å²) < 4.78 is 10.8. The minimum Gasteiger partial charge on any atom is -0.493 e. The predicted molar refractivity (Wildman–Crippen MR) is 128 cm³/mol. The third kappa shape index (κ3) is 6.77. The normalized spacial score (nSPS) is 10.6. The molecule has 0 heterocycles. The molecule has 0 saturated heterocycles. The minimum absolute atomic E-state index is 0.221. The average Bonchev–Trinajstić information content (AvgIpc) is 2.83. The van der Waals surface area contributed by atoms with E-state index in [1.54, 1.807) is 48.5 Å². The first-order valence-electron chi connectivity index (χ1n) is 10.5. The summed E-state index contributed by atoms with van der Waals surface area (Å²) in [5.41, 5.74) is 5.85. The predicted octanol–water partition coefficient (Wildman–Crippen LogP) is 3.41. The number of carbonyl (C=O) groups excluding carboxylic acids is 3. The molecule has 0 spiro atoms. The zero-order valence-corrected chi connectivity index (χ0v) is 19.1. The largest absolute Gasteiger partial charge is 0.493 e. The van der Waals surface area contributed by atoms with Crippen molar-refractivity contribution in [1.82, 2.24) is 10.7 Å². The number of hydrogen-bond donors (Lipinski definition) is 2. The van der Waals surface area contributed by atoms with Gasteiger partial charge in [-0.1, -0.05) is 35.4 Å². The van der Waals surface area contributed by atoms with Crippen molar-refractivity contribution in [3.8, 4) is 11.5 Å². The van der Waals surface area contributed by atoms with Gasteiger partial charge in [0.1, 0.15) is 0 Å². The van der Waals surface area contributed by atoms with E-state index in [-0.39, 0.29) is 18.2 Å². The highest BCUT2D eigenvalue weighted by molar-refractivity contribution is 5.96. The molecule has 0 fully saturated rings. The van der Waals surface area contributed by atoms with Gasteiger partial charge in [0.25, 0.3) is 11.8 Å². The highest BCUT2D eigenvalue weighted by Crippen LogP contribution is 2.28. The van der Waals surface area contributed by atoms with Crippen LogP contribution in [0.1, 0.15) is 37.4 Å². The second-order valence-corrected chi connectivity index (χ2v) is 7.51. The van der Waals surface area contributed by atoms with E-state index >= 15 is 0 Å². The van der Waals surface area contributed by atoms with Crippen LogP contribution in [0.15, 0.2) is 71.8 Å². The molecule has 2 amide bonds. The number of nitrogens with zero attached hydrogens (tertiary/aromatic N) is 1. The molecule has 8 nitrogen and oxygen atoms in total. The van der Waals surface area contributed by atoms with Crippen LogP contribution in [0.3, 0.4) is 0 Å². The van der Waals surface area contributed by atoms with Gasteiger partial charge in [-0.25, -0.2) is 10.2 Å². The van der Waals surface area contributed by atoms with Crippen LogP contribution in [0.4, 0.5) is 0 Å². The van der Waals surface area contributed by atoms with E-state index in [1.807, 2.05) is 32.0 Å². The Hall–Kier alpha value is -4.46. The van der Waals surface area contributed by atoms with E-state index in [1.165, 1.54) is 13.3 Å². The van der Waals surface area contributed by atoms with Crippen LogP contribution in [0.2, 0.25) is 0 Å². The summed E-state index contributed by atoms with van der Waals surface area (Å²) in [6, 6.07) is 19.0. The molecule has 0 aliphatic carbocycles. The summed E-state index contributed by atoms with van der Waals surface area (Å²) in [5, 5.41) is 6.43. The molecule has 0 aliphatic heterocycles. The molecular formula is C26H25N3O5. The molecule has 3 rings (SSSR count). The number of hydrazone groups is 1. The number of aryl methyl sites for hydroxylation is 2. The Balaban J connectivity index is 1.54. The number of carbonyl (C=O) groups is 3. The maximum atomic E-state index is 12.4. The molecular weight excluding hydrogens is 434 g/mol. The van der Waals surface area contributed by atoms with Crippen LogP contribution in [-0.2, 0) is 4.79 Å². The summed E-state index contributed by atoms with van der Waals surface area (Å²) >= 11 is 0. The maximum Gasteiger partial charge on any atom is 0.343 e. The van der Waals surface area contributed by atoms with Gasteiger partial charge in [-0.2, -0.15) is 5.10 Å². The summed E-state index contributed by atoms with van der Waals surface area (Å²) in [5.74, 6) is -0.731. The summed E-state index contributed by atoms with van der Waals surface area (Å²) in [6.45, 7) is 3.59. The van der Waals surface area contributed by atoms with Crippen LogP contribution in [0.25, 0.3) is 0 Å². The first-order chi connectivity index (χ1) is 16.4. The number of esters is 1. The fourth-order valence-corrected chi connectivity index (χ4v) is 2.96. The van der Waals surface area contributed by atoms with Gasteiger partial charge in [0.2, 0.25) is 0 Å². The lowest BCUT2D eigenvalue weighted by molar-refractivity contribution is -0.120. The second kappa shape index (κ2) is 11.4. The Morgan fingerprint density at radius 3 is 2.35 bits per heavy atom. The summed E-state index contributed by atoms with van der Waals surface area (Å²) in [4.78, 5) is 36.4. The Morgan fingerprint density at radius 1 is 0.882 bits per heavy atom. The Labute approximate surface area is 197 Å². The topological polar surface area (TPSA) is 106 Å². The van der Waals surface area contributed by atoms with Crippen LogP contribution in [0, 0.1) is 13.8 Å². The summed E-state index contributed by atoms with van der Waals surface area (Å²) in [6.07, 6.45) is 1.41. The first kappa shape index (κ1) is 24.2. The molecule has 174 valence electrons. The number of benzene rings is 3. The number of amides is 2. The molecule has 3 aromatic carbocycles. The van der Waals surface area contributed by atoms with Gasteiger partial charge in [-0.15, -0.1) is 0 Å². The monoisotopic (exact) mass is 459 g/mol. The van der Waals surface area contributed by atoms with Crippen LogP contribution in [0.5, 0.6) is 11.5 Å². The van der Waals surface area contributed by atoms with Crippen molar-refractivity contribution in [1.29, 1.82) is 0 Å². The van der Waals surface area contributed by atoms with Crippen LogP contribution >= 0.6 is 0 Å². The zero-order valence-electron chi connectivity index (χ0n) is 19.1. The van der Waals surface area contributed by atoms with Gasteiger partial charge in [-0.3, -0.25) is 9.59 Å². The third-order valence-corrected chi connectivity index (χ3v) is 4.77. The molecule has 3 aromatic rings. The quantitative estimate of drug-likeness (QED) is 0.232. The Bertz CT molecular complexity index is 1220. The number of hydrogen-bond acceptors (Lipinski definition) is 6. The van der Waals surface area contributed by atoms with Gasteiger partial charge in [-0.05, 0) is 61.9 Å². The second-order valence-electron chi connectivity index (χ2n) is 7.51. The van der Waals surface area contributed by atoms with Crippen molar-refractivity contribution in [2.45, 2.75) is 13.8 Å². The molecule has 8 heteroatoms. The van der Waals surface area contributed by atoms with Crippen molar-refractivity contribution in [2.24, 2.45) is 5.10 Å². The van der Waals surface area contributed by atoms with Gasteiger partial charge in [0.15, 0.2) is 11.5 Å². The lowest BCUT2D eigenvalue weighted by Gasteiger charge is -2.10. The fourth-order valence-electron chi connectivity index (χ4n) is 2.96. The minimum atomic E-state index is -0.500. The van der Waals surface area contributed by atoms with E-state index in [0.29, 0.717) is 22.4 Å². The average molecular weight is 460 g/mol. The number of rotatable bonds is 8. The molecule has 0 unspecified atom stereocenters. The number of nitrogens with one attached hydrogen (secondary N) is 2. The van der Waals surface area contributed by atoms with Gasteiger partial charge < -0.3 is 14.8 Å². The molecule has 0 radical (unpaired) electrons. The number of ether oxygens (including phenoxy) is 2. The molecule has 2 N–H and O–H groups in total. The van der Waals surface area contributed by atoms with Gasteiger partial charge in [0.05, 0.1) is 25.4 Å². The SMILES string of the molecule is COc1cc(/C=N\NC(=O)CNC(=O)c2cccc(C)c2)ccc1OC(=O)c1ccc(C)cc1. The molecule has 34 heavy (non-hydrogen) atoms. The first-order valence-corrected chi connectivity index (χ1v) is 10.5. The van der Waals surface area contributed by atoms with Crippen molar-refractivity contribution >= 4 is 24.0 Å². The molecule has 0 bridgehead atoms. The lowest BCUT2D eigenvalue weighted by atomic mass is 10.1. The van der Waals surface area contributed by atoms with E-state index < -0.39 is 11.9 Å². The van der Waals surface area contributed by atoms with Crippen molar-refractivity contribution in [3.05, 3.63) is 94.5 Å². The van der Waals surface area contributed by atoms with Crippen molar-refractivity contribution in [2.75, 3.05) is 13.7 Å². The third-order valence-electron chi connectivity index (χ3n) is 4.77.